The van der Waals surface area contributed by atoms with E-state index in [4.69, 9.17) is 9.47 Å². The van der Waals surface area contributed by atoms with E-state index in [0.717, 1.165) is 38.5 Å². The largest absolute Gasteiger partial charge is 0.461 e. The molecule has 0 aliphatic heterocycles. The van der Waals surface area contributed by atoms with Crippen molar-refractivity contribution in [2.45, 2.75) is 212 Å². The highest BCUT2D eigenvalue weighted by Crippen LogP contribution is 2.16. The zero-order valence-corrected chi connectivity index (χ0v) is 32.5. The van der Waals surface area contributed by atoms with Crippen LogP contribution in [0.5, 0.6) is 0 Å². The summed E-state index contributed by atoms with van der Waals surface area (Å²) in [4.78, 5) is 25.3. The van der Waals surface area contributed by atoms with Crippen molar-refractivity contribution in [3.05, 3.63) is 0 Å². The number of unbranched alkanes of at least 4 members (excludes halogenated alkanes) is 24. The predicted molar refractivity (Wildman–Crippen MR) is 203 cm³/mol. The van der Waals surface area contributed by atoms with Crippen LogP contribution >= 0.6 is 0 Å². The van der Waals surface area contributed by atoms with E-state index in [0.29, 0.717) is 43.2 Å². The van der Waals surface area contributed by atoms with Crippen LogP contribution < -0.4 is 0 Å². The third-order valence-corrected chi connectivity index (χ3v) is 9.62. The van der Waals surface area contributed by atoms with Crippen LogP contribution in [0.1, 0.15) is 200 Å². The second-order valence-electron chi connectivity index (χ2n) is 15.2. The predicted octanol–water partition coefficient (Wildman–Crippen LogP) is 10.3. The van der Waals surface area contributed by atoms with Gasteiger partial charge < -0.3 is 24.0 Å². The highest BCUT2D eigenvalue weighted by Gasteiger charge is 2.27. The Bertz CT molecular complexity index is 720. The number of hydrogen-bond donors (Lipinski definition) is 2. The van der Waals surface area contributed by atoms with E-state index in [1.807, 2.05) is 14.1 Å². The van der Waals surface area contributed by atoms with Crippen LogP contribution in [0.4, 0.5) is 0 Å². The molecule has 0 rings (SSSR count). The number of hydrogen-bond acceptors (Lipinski definition) is 6. The van der Waals surface area contributed by atoms with Gasteiger partial charge in [-0.1, -0.05) is 168 Å². The number of ether oxygens (including phenoxy) is 2. The summed E-state index contributed by atoms with van der Waals surface area (Å²) in [6, 6.07) is 0. The molecule has 0 aliphatic rings. The third kappa shape index (κ3) is 34.7. The maximum absolute atomic E-state index is 12.8. The zero-order chi connectivity index (χ0) is 35.6. The summed E-state index contributed by atoms with van der Waals surface area (Å²) in [5.41, 5.74) is 0. The third-order valence-electron chi connectivity index (χ3n) is 9.62. The highest BCUT2D eigenvalue weighted by molar-refractivity contribution is 6.40. The molecule has 7 nitrogen and oxygen atoms in total. The van der Waals surface area contributed by atoms with Crippen LogP contribution in [0.3, 0.4) is 0 Å². The number of carbonyl (C=O) groups is 2. The minimum Gasteiger partial charge on any atom is -0.461 e. The first kappa shape index (κ1) is 46.9. The van der Waals surface area contributed by atoms with Gasteiger partial charge in [-0.25, -0.2) is 0 Å². The molecule has 2 N–H and O–H groups in total. The van der Waals surface area contributed by atoms with Crippen molar-refractivity contribution in [1.29, 1.82) is 0 Å². The first-order valence-corrected chi connectivity index (χ1v) is 20.7. The topological polar surface area (TPSA) is 93.1 Å². The van der Waals surface area contributed by atoms with Crippen molar-refractivity contribution >= 4 is 19.1 Å². The van der Waals surface area contributed by atoms with Gasteiger partial charge in [-0.05, 0) is 25.6 Å². The Morgan fingerprint density at radius 1 is 0.542 bits per heavy atom. The van der Waals surface area contributed by atoms with Gasteiger partial charge in [0.15, 0.2) is 6.10 Å². The molecule has 0 aromatic heterocycles. The first-order chi connectivity index (χ1) is 23.2. The van der Waals surface area contributed by atoms with Gasteiger partial charge in [0, 0.05) is 12.8 Å². The number of rotatable bonds is 37. The number of carbonyl (C=O) groups excluding carboxylic acids is 2. The SMILES string of the molecule is CCCCCCCCCCCCCCCC(=O)OCC(C[N+](C)(C)CCCB(O)O)OC(=O)CCCCCCCCCCCCCCC. The van der Waals surface area contributed by atoms with Crippen LogP contribution in [-0.4, -0.2) is 73.5 Å². The summed E-state index contributed by atoms with van der Waals surface area (Å²) >= 11 is 0. The Morgan fingerprint density at radius 2 is 0.896 bits per heavy atom. The van der Waals surface area contributed by atoms with Gasteiger partial charge in [0.1, 0.15) is 13.2 Å². The molecule has 0 heterocycles. The summed E-state index contributed by atoms with van der Waals surface area (Å²) in [5.74, 6) is -0.439. The monoisotopic (exact) mass is 683 g/mol. The summed E-state index contributed by atoms with van der Waals surface area (Å²) in [6.07, 6.45) is 34.1. The van der Waals surface area contributed by atoms with E-state index in [1.165, 1.54) is 128 Å². The van der Waals surface area contributed by atoms with Crippen molar-refractivity contribution in [2.75, 3.05) is 33.8 Å². The van der Waals surface area contributed by atoms with E-state index in [-0.39, 0.29) is 18.5 Å². The van der Waals surface area contributed by atoms with Crippen LogP contribution in [0.25, 0.3) is 0 Å². The molecule has 0 fully saturated rings. The fraction of sp³-hybridized carbons (Fsp3) is 0.950. The van der Waals surface area contributed by atoms with E-state index in [1.54, 1.807) is 0 Å². The quantitative estimate of drug-likeness (QED) is 0.0293. The first-order valence-electron chi connectivity index (χ1n) is 20.7. The van der Waals surface area contributed by atoms with Gasteiger partial charge in [0.05, 0.1) is 20.6 Å². The summed E-state index contributed by atoms with van der Waals surface area (Å²) < 4.78 is 12.0. The van der Waals surface area contributed by atoms with Crippen molar-refractivity contribution in [3.63, 3.8) is 0 Å². The molecule has 0 radical (unpaired) electrons. The lowest BCUT2D eigenvalue weighted by Gasteiger charge is -2.33. The van der Waals surface area contributed by atoms with Gasteiger partial charge >= 0.3 is 19.1 Å². The maximum atomic E-state index is 12.8. The van der Waals surface area contributed by atoms with E-state index in [2.05, 4.69) is 13.8 Å². The van der Waals surface area contributed by atoms with Crippen LogP contribution in [0, 0.1) is 0 Å². The molecule has 8 heteroatoms. The molecule has 0 aromatic rings. The zero-order valence-electron chi connectivity index (χ0n) is 32.5. The van der Waals surface area contributed by atoms with E-state index < -0.39 is 13.2 Å². The molecular formula is C40H81BNO6+. The Morgan fingerprint density at radius 3 is 1.27 bits per heavy atom. The molecule has 1 atom stereocenters. The fourth-order valence-electron chi connectivity index (χ4n) is 6.55. The van der Waals surface area contributed by atoms with Crippen LogP contribution in [0.2, 0.25) is 6.32 Å². The molecule has 0 aliphatic carbocycles. The maximum Gasteiger partial charge on any atom is 0.451 e. The number of likely N-dealkylation sites (N-methyl/N-ethyl adjacent to an activating group) is 1. The van der Waals surface area contributed by atoms with Gasteiger partial charge in [0.25, 0.3) is 0 Å². The minimum absolute atomic E-state index is 0.0753. The van der Waals surface area contributed by atoms with E-state index in [9.17, 15) is 19.6 Å². The second kappa shape index (κ2) is 34.3. The Kier molecular flexibility index (Phi) is 33.5. The average Bonchev–Trinajstić information content (AvgIpc) is 3.03. The molecule has 284 valence electrons. The number of nitrogens with zero attached hydrogens (tertiary/aromatic N) is 1. The lowest BCUT2D eigenvalue weighted by Crippen LogP contribution is -2.48. The van der Waals surface area contributed by atoms with Crippen molar-refractivity contribution in [1.82, 2.24) is 0 Å². The lowest BCUT2D eigenvalue weighted by molar-refractivity contribution is -0.893. The Labute approximate surface area is 298 Å². The summed E-state index contributed by atoms with van der Waals surface area (Å²) in [6.45, 7) is 5.82. The smallest absolute Gasteiger partial charge is 0.451 e. The second-order valence-corrected chi connectivity index (χ2v) is 15.2. The fourth-order valence-corrected chi connectivity index (χ4v) is 6.55. The Hall–Kier alpha value is -1.12. The van der Waals surface area contributed by atoms with Gasteiger partial charge in [-0.3, -0.25) is 9.59 Å². The number of quaternary nitrogens is 1. The van der Waals surface area contributed by atoms with Gasteiger partial charge in [-0.15, -0.1) is 0 Å². The molecular weight excluding hydrogens is 601 g/mol. The molecule has 0 amide bonds. The van der Waals surface area contributed by atoms with Gasteiger partial charge in [0.2, 0.25) is 0 Å². The molecule has 0 saturated heterocycles. The van der Waals surface area contributed by atoms with Crippen LogP contribution in [0.15, 0.2) is 0 Å². The Balaban J connectivity index is 4.27. The molecule has 1 unspecified atom stereocenters. The lowest BCUT2D eigenvalue weighted by atomic mass is 9.84. The van der Waals surface area contributed by atoms with Crippen molar-refractivity contribution in [3.8, 4) is 0 Å². The molecule has 0 saturated carbocycles. The number of esters is 2. The van der Waals surface area contributed by atoms with Crippen LogP contribution in [-0.2, 0) is 19.1 Å². The minimum atomic E-state index is -1.31. The molecule has 48 heavy (non-hydrogen) atoms. The standard InChI is InChI=1S/C40H81BNO6/c1-5-7-9-11-13-15-17-19-21-23-25-27-29-32-39(43)47-37-38(36-42(3,4)35-31-34-41(45)46)48-40(44)33-30-28-26-24-22-20-18-16-14-12-10-8-6-2/h38,45-46H,5-37H2,1-4H3/q+1. The van der Waals surface area contributed by atoms with Crippen molar-refractivity contribution in [2.24, 2.45) is 0 Å². The molecule has 0 aromatic carbocycles. The summed E-state index contributed by atoms with van der Waals surface area (Å²) in [5, 5.41) is 18.5. The van der Waals surface area contributed by atoms with Gasteiger partial charge in [-0.2, -0.15) is 0 Å². The van der Waals surface area contributed by atoms with Crippen molar-refractivity contribution < 1.29 is 33.6 Å². The summed E-state index contributed by atoms with van der Waals surface area (Å²) in [7, 11) is 2.75. The average molecular weight is 683 g/mol. The highest BCUT2D eigenvalue weighted by atomic mass is 16.6. The van der Waals surface area contributed by atoms with E-state index >= 15 is 0 Å². The molecule has 0 spiro atoms. The molecule has 0 bridgehead atoms. The normalized spacial score (nSPS) is 12.3.